The van der Waals surface area contributed by atoms with E-state index in [1.807, 2.05) is 56.3 Å². The molecular weight excluding hydrogens is 306 g/mol. The number of amides is 1. The molecule has 2 atom stereocenters. The fourth-order valence-corrected chi connectivity index (χ4v) is 2.71. The number of benzene rings is 2. The van der Waals surface area contributed by atoms with E-state index in [4.69, 9.17) is 0 Å². The molecule has 5 heteroatoms. The Morgan fingerprint density at radius 3 is 2.42 bits per heavy atom. The molecule has 0 heterocycles. The van der Waals surface area contributed by atoms with Crippen molar-refractivity contribution in [1.29, 1.82) is 0 Å². The monoisotopic (exact) mass is 329 g/mol. The highest BCUT2D eigenvalue weighted by atomic mass is 16.4. The highest BCUT2D eigenvalue weighted by Crippen LogP contribution is 2.20. The Balaban J connectivity index is 2.16. The van der Waals surface area contributed by atoms with E-state index in [9.17, 15) is 19.8 Å². The molecule has 3 N–H and O–H groups in total. The van der Waals surface area contributed by atoms with Gasteiger partial charge in [0.05, 0.1) is 0 Å². The fourth-order valence-electron chi connectivity index (χ4n) is 2.71. The van der Waals surface area contributed by atoms with Crippen LogP contribution in [0.15, 0.2) is 42.5 Å². The molecule has 1 amide bonds. The van der Waals surface area contributed by atoms with Crippen molar-refractivity contribution in [2.75, 3.05) is 0 Å². The molecule has 5 nitrogen and oxygen atoms in total. The number of carbonyl (C=O) groups is 2. The van der Waals surface area contributed by atoms with Crippen LogP contribution in [-0.4, -0.2) is 34.2 Å². The van der Waals surface area contributed by atoms with Crippen molar-refractivity contribution >= 4 is 22.6 Å². The Morgan fingerprint density at radius 1 is 1.08 bits per heavy atom. The van der Waals surface area contributed by atoms with E-state index < -0.39 is 24.0 Å². The Labute approximate surface area is 141 Å². The topological polar surface area (TPSA) is 86.6 Å². The van der Waals surface area contributed by atoms with Crippen LogP contribution in [0.2, 0.25) is 0 Å². The first-order chi connectivity index (χ1) is 11.4. The summed E-state index contributed by atoms with van der Waals surface area (Å²) < 4.78 is 0. The van der Waals surface area contributed by atoms with Crippen LogP contribution in [0.25, 0.3) is 10.8 Å². The molecule has 2 aromatic rings. The number of aliphatic carboxylic acids is 1. The maximum atomic E-state index is 12.0. The van der Waals surface area contributed by atoms with Crippen LogP contribution in [-0.2, 0) is 16.0 Å². The minimum atomic E-state index is -1.20. The quantitative estimate of drug-likeness (QED) is 0.728. The van der Waals surface area contributed by atoms with E-state index in [-0.39, 0.29) is 12.3 Å². The summed E-state index contributed by atoms with van der Waals surface area (Å²) in [5, 5.41) is 23.7. The second-order valence-electron chi connectivity index (χ2n) is 6.39. The molecule has 0 aromatic heterocycles. The molecule has 0 aliphatic rings. The van der Waals surface area contributed by atoms with Gasteiger partial charge in [0.25, 0.3) is 0 Å². The molecule has 0 saturated heterocycles. The van der Waals surface area contributed by atoms with Crippen molar-refractivity contribution in [3.05, 3.63) is 48.0 Å². The summed E-state index contributed by atoms with van der Waals surface area (Å²) in [7, 11) is 0. The summed E-state index contributed by atoms with van der Waals surface area (Å²) >= 11 is 0. The van der Waals surface area contributed by atoms with Crippen molar-refractivity contribution in [2.45, 2.75) is 38.8 Å². The largest absolute Gasteiger partial charge is 0.480 e. The van der Waals surface area contributed by atoms with Crippen molar-refractivity contribution in [3.8, 4) is 0 Å². The predicted molar refractivity (Wildman–Crippen MR) is 92.7 cm³/mol. The third-order valence-electron chi connectivity index (χ3n) is 3.92. The second kappa shape index (κ2) is 7.93. The van der Waals surface area contributed by atoms with Gasteiger partial charge in [0.2, 0.25) is 5.91 Å². The van der Waals surface area contributed by atoms with Gasteiger partial charge in [0.1, 0.15) is 12.1 Å². The third kappa shape index (κ3) is 4.55. The van der Waals surface area contributed by atoms with Gasteiger partial charge in [-0.1, -0.05) is 56.3 Å². The Morgan fingerprint density at radius 2 is 1.75 bits per heavy atom. The number of aliphatic hydroxyl groups is 1. The van der Waals surface area contributed by atoms with Gasteiger partial charge >= 0.3 is 5.97 Å². The first-order valence-electron chi connectivity index (χ1n) is 8.06. The summed E-state index contributed by atoms with van der Waals surface area (Å²) in [6, 6.07) is 12.3. The van der Waals surface area contributed by atoms with Crippen LogP contribution in [0, 0.1) is 5.92 Å². The van der Waals surface area contributed by atoms with Crippen molar-refractivity contribution in [3.63, 3.8) is 0 Å². The zero-order chi connectivity index (χ0) is 17.7. The lowest BCUT2D eigenvalue weighted by molar-refractivity contribution is -0.143. The fraction of sp³-hybridized carbons (Fsp3) is 0.368. The van der Waals surface area contributed by atoms with Gasteiger partial charge in [-0.2, -0.15) is 0 Å². The van der Waals surface area contributed by atoms with E-state index >= 15 is 0 Å². The number of nitrogens with one attached hydrogen (secondary N) is 1. The van der Waals surface area contributed by atoms with E-state index in [1.165, 1.54) is 0 Å². The lowest BCUT2D eigenvalue weighted by Crippen LogP contribution is -2.47. The SMILES string of the molecule is CC(C)C[C@H](O)C(=O)N[C@@H](Cc1cccc2ccccc12)C(=O)O. The number of carbonyl (C=O) groups excluding carboxylic acids is 1. The van der Waals surface area contributed by atoms with Gasteiger partial charge in [0, 0.05) is 6.42 Å². The highest BCUT2D eigenvalue weighted by molar-refractivity contribution is 5.88. The molecule has 0 aliphatic carbocycles. The molecule has 0 saturated carbocycles. The van der Waals surface area contributed by atoms with Crippen LogP contribution < -0.4 is 5.32 Å². The number of rotatable bonds is 7. The van der Waals surface area contributed by atoms with Crippen LogP contribution in [0.1, 0.15) is 25.8 Å². The Bertz CT molecular complexity index is 721. The third-order valence-corrected chi connectivity index (χ3v) is 3.92. The number of aliphatic hydroxyl groups excluding tert-OH is 1. The number of carboxylic acid groups (broad SMARTS) is 1. The zero-order valence-electron chi connectivity index (χ0n) is 13.9. The number of carboxylic acids is 1. The standard InChI is InChI=1S/C19H23NO4/c1-12(2)10-17(21)18(22)20-16(19(23)24)11-14-8-5-7-13-6-3-4-9-15(13)14/h3-9,12,16-17,21H,10-11H2,1-2H3,(H,20,22)(H,23,24)/t16-,17-/m0/s1. The highest BCUT2D eigenvalue weighted by Gasteiger charge is 2.25. The van der Waals surface area contributed by atoms with Gasteiger partial charge < -0.3 is 15.5 Å². The van der Waals surface area contributed by atoms with Crippen LogP contribution >= 0.6 is 0 Å². The molecule has 0 fully saturated rings. The maximum Gasteiger partial charge on any atom is 0.326 e. The molecule has 2 rings (SSSR count). The molecule has 24 heavy (non-hydrogen) atoms. The molecule has 0 bridgehead atoms. The van der Waals surface area contributed by atoms with Crippen molar-refractivity contribution < 1.29 is 19.8 Å². The minimum absolute atomic E-state index is 0.145. The normalized spacial score (nSPS) is 13.7. The average molecular weight is 329 g/mol. The summed E-state index contributed by atoms with van der Waals surface area (Å²) in [6.07, 6.45) is -0.733. The molecule has 0 spiro atoms. The Kier molecular flexibility index (Phi) is 5.93. The zero-order valence-corrected chi connectivity index (χ0v) is 13.9. The lowest BCUT2D eigenvalue weighted by Gasteiger charge is -2.19. The van der Waals surface area contributed by atoms with Gasteiger partial charge in [-0.05, 0) is 28.7 Å². The van der Waals surface area contributed by atoms with Crippen molar-refractivity contribution in [1.82, 2.24) is 5.32 Å². The van der Waals surface area contributed by atoms with Crippen LogP contribution in [0.4, 0.5) is 0 Å². The first-order valence-corrected chi connectivity index (χ1v) is 8.06. The molecule has 128 valence electrons. The summed E-state index contributed by atoms with van der Waals surface area (Å²) in [5.41, 5.74) is 0.846. The van der Waals surface area contributed by atoms with Crippen LogP contribution in [0.5, 0.6) is 0 Å². The van der Waals surface area contributed by atoms with Gasteiger partial charge in [-0.3, -0.25) is 4.79 Å². The van der Waals surface area contributed by atoms with E-state index in [0.29, 0.717) is 6.42 Å². The average Bonchev–Trinajstić information content (AvgIpc) is 2.53. The maximum absolute atomic E-state index is 12.0. The number of hydrogen-bond acceptors (Lipinski definition) is 3. The van der Waals surface area contributed by atoms with Gasteiger partial charge in [0.15, 0.2) is 0 Å². The lowest BCUT2D eigenvalue weighted by atomic mass is 9.98. The van der Waals surface area contributed by atoms with Crippen LogP contribution in [0.3, 0.4) is 0 Å². The minimum Gasteiger partial charge on any atom is -0.480 e. The van der Waals surface area contributed by atoms with Crippen molar-refractivity contribution in [2.24, 2.45) is 5.92 Å². The van der Waals surface area contributed by atoms with E-state index in [2.05, 4.69) is 5.32 Å². The predicted octanol–water partition coefficient (Wildman–Crippen LogP) is 2.36. The molecule has 0 radical (unpaired) electrons. The first kappa shape index (κ1) is 17.9. The van der Waals surface area contributed by atoms with Gasteiger partial charge in [-0.25, -0.2) is 4.79 Å². The second-order valence-corrected chi connectivity index (χ2v) is 6.39. The summed E-state index contributed by atoms with van der Waals surface area (Å²) in [5.74, 6) is -1.61. The summed E-state index contributed by atoms with van der Waals surface area (Å²) in [4.78, 5) is 23.5. The Hall–Kier alpha value is -2.40. The van der Waals surface area contributed by atoms with E-state index in [0.717, 1.165) is 16.3 Å². The molecule has 0 aliphatic heterocycles. The summed E-state index contributed by atoms with van der Waals surface area (Å²) in [6.45, 7) is 3.78. The molecule has 2 aromatic carbocycles. The molecular formula is C19H23NO4. The number of fused-ring (bicyclic) bond motifs is 1. The molecule has 0 unspecified atom stereocenters. The van der Waals surface area contributed by atoms with Gasteiger partial charge in [-0.15, -0.1) is 0 Å². The smallest absolute Gasteiger partial charge is 0.326 e. The number of hydrogen-bond donors (Lipinski definition) is 3. The van der Waals surface area contributed by atoms with E-state index in [1.54, 1.807) is 0 Å².